The first-order valence-electron chi connectivity index (χ1n) is 9.08. The Morgan fingerprint density at radius 2 is 1.44 bits per heavy atom. The highest BCUT2D eigenvalue weighted by molar-refractivity contribution is 4.87. The van der Waals surface area contributed by atoms with E-state index >= 15 is 0 Å². The minimum atomic E-state index is -0.152. The fraction of sp³-hybridized carbons (Fsp3) is 0.895. The summed E-state index contributed by atoms with van der Waals surface area (Å²) >= 11 is 0. The van der Waals surface area contributed by atoms with Crippen molar-refractivity contribution in [3.05, 3.63) is 0 Å². The van der Waals surface area contributed by atoms with E-state index in [2.05, 4.69) is 12.8 Å². The van der Waals surface area contributed by atoms with Crippen LogP contribution in [0.4, 0.5) is 0 Å². The minimum absolute atomic E-state index is 0.0658. The molecule has 0 saturated carbocycles. The molecule has 0 aromatic carbocycles. The average Bonchev–Trinajstić information content (AvgIpc) is 2.63. The van der Waals surface area contributed by atoms with Crippen molar-refractivity contribution in [1.29, 1.82) is 0 Å². The molecule has 0 aliphatic heterocycles. The summed E-state index contributed by atoms with van der Waals surface area (Å²) in [5, 5.41) is 0. The van der Waals surface area contributed by atoms with Crippen LogP contribution in [0.15, 0.2) is 0 Å². The van der Waals surface area contributed by atoms with E-state index in [0.29, 0.717) is 39.6 Å². The van der Waals surface area contributed by atoms with Gasteiger partial charge in [-0.3, -0.25) is 0 Å². The quantitative estimate of drug-likeness (QED) is 0.200. The molecule has 0 amide bonds. The molecule has 148 valence electrons. The Bertz CT molecular complexity index is 305. The van der Waals surface area contributed by atoms with Gasteiger partial charge in [-0.15, -0.1) is 12.3 Å². The fourth-order valence-corrected chi connectivity index (χ4v) is 2.19. The molecule has 0 bridgehead atoms. The van der Waals surface area contributed by atoms with Crippen molar-refractivity contribution in [2.45, 2.75) is 57.7 Å². The van der Waals surface area contributed by atoms with Crippen LogP contribution in [-0.4, -0.2) is 66.4 Å². The van der Waals surface area contributed by atoms with E-state index in [1.54, 1.807) is 14.2 Å². The van der Waals surface area contributed by atoms with E-state index in [4.69, 9.17) is 34.8 Å². The van der Waals surface area contributed by atoms with Crippen LogP contribution < -0.4 is 0 Å². The molecule has 0 aromatic rings. The molecule has 0 radical (unpaired) electrons. The Balaban J connectivity index is 3.78. The molecular weight excluding hydrogens is 324 g/mol. The highest BCUT2D eigenvalue weighted by Gasteiger charge is 2.10. The molecule has 0 N–H and O–H groups in total. The lowest BCUT2D eigenvalue weighted by Crippen LogP contribution is -2.24. The van der Waals surface area contributed by atoms with E-state index < -0.39 is 0 Å². The molecule has 0 fully saturated rings. The molecule has 2 atom stereocenters. The Hall–Kier alpha value is -0.680. The van der Waals surface area contributed by atoms with E-state index in [1.807, 2.05) is 0 Å². The highest BCUT2D eigenvalue weighted by atomic mass is 16.7. The van der Waals surface area contributed by atoms with E-state index in [1.165, 1.54) is 19.3 Å². The van der Waals surface area contributed by atoms with Gasteiger partial charge in [-0.2, -0.15) is 0 Å². The maximum absolute atomic E-state index is 5.66. The molecule has 0 aromatic heterocycles. The number of unbranched alkanes of at least 4 members (excludes halogenated alkanes) is 3. The van der Waals surface area contributed by atoms with Crippen LogP contribution in [0, 0.1) is 12.3 Å². The van der Waals surface area contributed by atoms with Crippen molar-refractivity contribution >= 4 is 0 Å². The molecule has 0 saturated heterocycles. The maximum atomic E-state index is 5.66. The summed E-state index contributed by atoms with van der Waals surface area (Å²) in [7, 11) is 3.20. The lowest BCUT2D eigenvalue weighted by molar-refractivity contribution is -0.111. The molecule has 0 rings (SSSR count). The normalized spacial score (nSPS) is 13.5. The van der Waals surface area contributed by atoms with Gasteiger partial charge in [0, 0.05) is 20.6 Å². The lowest BCUT2D eigenvalue weighted by Gasteiger charge is -2.18. The molecule has 6 heteroatoms. The van der Waals surface area contributed by atoms with Gasteiger partial charge in [0.05, 0.1) is 38.6 Å². The Morgan fingerprint density at radius 1 is 0.840 bits per heavy atom. The molecule has 25 heavy (non-hydrogen) atoms. The fourth-order valence-electron chi connectivity index (χ4n) is 2.19. The summed E-state index contributed by atoms with van der Waals surface area (Å²) in [6, 6.07) is 0. The zero-order valence-corrected chi connectivity index (χ0v) is 16.2. The third-order valence-corrected chi connectivity index (χ3v) is 3.55. The molecular formula is C19H36O6. The summed E-state index contributed by atoms with van der Waals surface area (Å²) in [6.45, 7) is 4.69. The molecule has 0 aliphatic carbocycles. The van der Waals surface area contributed by atoms with E-state index in [9.17, 15) is 0 Å². The van der Waals surface area contributed by atoms with Crippen LogP contribution in [0.3, 0.4) is 0 Å². The Labute approximate surface area is 153 Å². The number of hydrogen-bond donors (Lipinski definition) is 0. The van der Waals surface area contributed by atoms with Gasteiger partial charge in [0.25, 0.3) is 0 Å². The molecule has 0 unspecified atom stereocenters. The van der Waals surface area contributed by atoms with Crippen molar-refractivity contribution < 1.29 is 28.4 Å². The molecule has 0 heterocycles. The second-order valence-electron chi connectivity index (χ2n) is 5.80. The Morgan fingerprint density at radius 3 is 2.00 bits per heavy atom. The van der Waals surface area contributed by atoms with Gasteiger partial charge >= 0.3 is 0 Å². The number of rotatable bonds is 19. The van der Waals surface area contributed by atoms with Gasteiger partial charge in [0.2, 0.25) is 0 Å². The summed E-state index contributed by atoms with van der Waals surface area (Å²) in [6.07, 6.45) is 11.6. The highest BCUT2D eigenvalue weighted by Crippen LogP contribution is 2.09. The van der Waals surface area contributed by atoms with E-state index in [0.717, 1.165) is 12.8 Å². The zero-order valence-electron chi connectivity index (χ0n) is 16.2. The second kappa shape index (κ2) is 19.6. The third kappa shape index (κ3) is 16.5. The minimum Gasteiger partial charge on any atom is -0.376 e. The third-order valence-electron chi connectivity index (χ3n) is 3.55. The SMILES string of the molecule is C#CC[C@@H](COCCOC[C@H](CCCCCC)OCOC)OCOC. The molecule has 0 spiro atoms. The largest absolute Gasteiger partial charge is 0.376 e. The van der Waals surface area contributed by atoms with Crippen molar-refractivity contribution in [1.82, 2.24) is 0 Å². The smallest absolute Gasteiger partial charge is 0.146 e. The predicted octanol–water partition coefficient (Wildman–Crippen LogP) is 2.99. The number of terminal acetylenes is 1. The van der Waals surface area contributed by atoms with Crippen LogP contribution in [0.1, 0.15) is 45.4 Å². The summed E-state index contributed by atoms with van der Waals surface area (Å²) in [5.74, 6) is 2.57. The predicted molar refractivity (Wildman–Crippen MR) is 97.3 cm³/mol. The first-order chi connectivity index (χ1) is 12.3. The van der Waals surface area contributed by atoms with Crippen LogP contribution >= 0.6 is 0 Å². The monoisotopic (exact) mass is 360 g/mol. The van der Waals surface area contributed by atoms with E-state index in [-0.39, 0.29) is 19.0 Å². The summed E-state index contributed by atoms with van der Waals surface area (Å²) in [5.41, 5.74) is 0. The maximum Gasteiger partial charge on any atom is 0.146 e. The lowest BCUT2D eigenvalue weighted by atomic mass is 10.1. The standard InChI is InChI=1S/C19H36O6/c1-5-7-8-9-11-19(25-17-21-4)15-23-13-12-22-14-18(10-6-2)24-16-20-3/h2,18-19H,5,7-17H2,1,3-4H3/t18-,19-/m0/s1. The van der Waals surface area contributed by atoms with Gasteiger partial charge in [0.15, 0.2) is 0 Å². The summed E-state index contributed by atoms with van der Waals surface area (Å²) < 4.78 is 32.1. The van der Waals surface area contributed by atoms with Crippen molar-refractivity contribution in [2.24, 2.45) is 0 Å². The first-order valence-corrected chi connectivity index (χ1v) is 9.08. The Kier molecular flexibility index (Phi) is 19.1. The average molecular weight is 360 g/mol. The van der Waals surface area contributed by atoms with Crippen LogP contribution in [0.5, 0.6) is 0 Å². The topological polar surface area (TPSA) is 55.4 Å². The number of ether oxygens (including phenoxy) is 6. The van der Waals surface area contributed by atoms with Crippen LogP contribution in [-0.2, 0) is 28.4 Å². The van der Waals surface area contributed by atoms with Crippen molar-refractivity contribution in [3.63, 3.8) is 0 Å². The van der Waals surface area contributed by atoms with Crippen LogP contribution in [0.25, 0.3) is 0 Å². The molecule has 6 nitrogen and oxygen atoms in total. The summed E-state index contributed by atoms with van der Waals surface area (Å²) in [4.78, 5) is 0. The molecule has 0 aliphatic rings. The van der Waals surface area contributed by atoms with Gasteiger partial charge in [-0.1, -0.05) is 32.6 Å². The number of methoxy groups -OCH3 is 2. The van der Waals surface area contributed by atoms with Gasteiger partial charge < -0.3 is 28.4 Å². The van der Waals surface area contributed by atoms with Gasteiger partial charge in [-0.05, 0) is 6.42 Å². The zero-order chi connectivity index (χ0) is 18.6. The number of hydrogen-bond acceptors (Lipinski definition) is 6. The van der Waals surface area contributed by atoms with Crippen LogP contribution in [0.2, 0.25) is 0 Å². The second-order valence-corrected chi connectivity index (χ2v) is 5.80. The van der Waals surface area contributed by atoms with Crippen molar-refractivity contribution in [2.75, 3.05) is 54.2 Å². The first kappa shape index (κ1) is 24.3. The van der Waals surface area contributed by atoms with Crippen molar-refractivity contribution in [3.8, 4) is 12.3 Å². The van der Waals surface area contributed by atoms with Gasteiger partial charge in [0.1, 0.15) is 13.6 Å². The van der Waals surface area contributed by atoms with Gasteiger partial charge in [-0.25, -0.2) is 0 Å².